The van der Waals surface area contributed by atoms with Crippen molar-refractivity contribution in [2.45, 2.75) is 52.4 Å². The molecule has 1 atom stereocenters. The number of fused-ring (bicyclic) bond motifs is 3. The van der Waals surface area contributed by atoms with Gasteiger partial charge in [-0.05, 0) is 43.5 Å². The van der Waals surface area contributed by atoms with Gasteiger partial charge in [-0.1, -0.05) is 67.9 Å². The van der Waals surface area contributed by atoms with Crippen LogP contribution < -0.4 is 9.64 Å². The molecular weight excluding hydrogens is 456 g/mol. The molecule has 0 saturated carbocycles. The van der Waals surface area contributed by atoms with Crippen LogP contribution in [-0.4, -0.2) is 26.8 Å². The fourth-order valence-electron chi connectivity index (χ4n) is 3.89. The van der Waals surface area contributed by atoms with Gasteiger partial charge in [0.15, 0.2) is 5.69 Å². The first-order chi connectivity index (χ1) is 15.8. The molecule has 1 aliphatic rings. The highest BCUT2D eigenvalue weighted by molar-refractivity contribution is 7.99. The molecule has 4 rings (SSSR count). The van der Waals surface area contributed by atoms with Crippen molar-refractivity contribution >= 4 is 35.0 Å². The van der Waals surface area contributed by atoms with Crippen molar-refractivity contribution in [1.29, 1.82) is 0 Å². The molecule has 0 aliphatic carbocycles. The quantitative estimate of drug-likeness (QED) is 0.392. The summed E-state index contributed by atoms with van der Waals surface area (Å²) in [6.07, 6.45) is -0.421. The Morgan fingerprint density at radius 1 is 1.21 bits per heavy atom. The number of nitrogens with zero attached hydrogens (tertiary/aromatic N) is 4. The molecule has 1 amide bonds. The van der Waals surface area contributed by atoms with Gasteiger partial charge in [-0.2, -0.15) is 4.98 Å². The van der Waals surface area contributed by atoms with Crippen molar-refractivity contribution in [3.05, 3.63) is 58.1 Å². The maximum absolute atomic E-state index is 13.3. The SMILES string of the molecule is CCC(=O)N1c2c(C)cc(C)cc2-c2nnc(SCC(C)C)nc2O[C@@H]1c1cccc(Cl)c1. The molecule has 2 aromatic carbocycles. The third-order valence-corrected chi connectivity index (χ3v) is 6.78. The lowest BCUT2D eigenvalue weighted by Gasteiger charge is -2.32. The predicted molar refractivity (Wildman–Crippen MR) is 133 cm³/mol. The van der Waals surface area contributed by atoms with Crippen molar-refractivity contribution < 1.29 is 9.53 Å². The Hall–Kier alpha value is -2.64. The number of halogens is 1. The Kier molecular flexibility index (Phi) is 6.91. The monoisotopic (exact) mass is 482 g/mol. The van der Waals surface area contributed by atoms with E-state index in [1.54, 1.807) is 22.7 Å². The lowest BCUT2D eigenvalue weighted by atomic mass is 10.00. The summed E-state index contributed by atoms with van der Waals surface area (Å²) in [5, 5.41) is 10.0. The van der Waals surface area contributed by atoms with E-state index in [9.17, 15) is 4.79 Å². The van der Waals surface area contributed by atoms with Crippen LogP contribution >= 0.6 is 23.4 Å². The van der Waals surface area contributed by atoms with Crippen molar-refractivity contribution in [2.24, 2.45) is 5.92 Å². The highest BCUT2D eigenvalue weighted by Gasteiger charge is 2.36. The Morgan fingerprint density at radius 2 is 2.00 bits per heavy atom. The number of rotatable bonds is 5. The van der Waals surface area contributed by atoms with Gasteiger partial charge in [0.05, 0.1) is 5.69 Å². The summed E-state index contributed by atoms with van der Waals surface area (Å²) < 4.78 is 6.48. The summed E-state index contributed by atoms with van der Waals surface area (Å²) in [6, 6.07) is 11.4. The molecule has 172 valence electrons. The molecule has 8 heteroatoms. The van der Waals surface area contributed by atoms with Gasteiger partial charge in [-0.15, -0.1) is 10.2 Å². The minimum absolute atomic E-state index is 0.0663. The second-order valence-electron chi connectivity index (χ2n) is 8.57. The number of benzene rings is 2. The minimum Gasteiger partial charge on any atom is -0.447 e. The van der Waals surface area contributed by atoms with Gasteiger partial charge < -0.3 is 4.74 Å². The number of hydrogen-bond donors (Lipinski definition) is 0. The molecule has 0 unspecified atom stereocenters. The Balaban J connectivity index is 1.96. The zero-order valence-corrected chi connectivity index (χ0v) is 21.0. The number of aromatic nitrogens is 3. The highest BCUT2D eigenvalue weighted by Crippen LogP contribution is 2.46. The highest BCUT2D eigenvalue weighted by atomic mass is 35.5. The normalized spacial score (nSPS) is 15.0. The molecule has 1 aromatic heterocycles. The smallest absolute Gasteiger partial charge is 0.247 e. The van der Waals surface area contributed by atoms with Gasteiger partial charge in [0.1, 0.15) is 0 Å². The number of anilines is 1. The van der Waals surface area contributed by atoms with Crippen LogP contribution in [0, 0.1) is 19.8 Å². The molecule has 0 N–H and O–H groups in total. The summed E-state index contributed by atoms with van der Waals surface area (Å²) in [4.78, 5) is 19.8. The van der Waals surface area contributed by atoms with Crippen LogP contribution in [0.15, 0.2) is 41.6 Å². The Morgan fingerprint density at radius 3 is 2.70 bits per heavy atom. The van der Waals surface area contributed by atoms with Crippen LogP contribution in [0.1, 0.15) is 50.1 Å². The van der Waals surface area contributed by atoms with Gasteiger partial charge in [-0.25, -0.2) is 0 Å². The summed E-state index contributed by atoms with van der Waals surface area (Å²) in [5.41, 5.74) is 4.85. The van der Waals surface area contributed by atoms with Gasteiger partial charge in [-0.3, -0.25) is 9.69 Å². The van der Waals surface area contributed by atoms with Gasteiger partial charge >= 0.3 is 0 Å². The second kappa shape index (κ2) is 9.69. The van der Waals surface area contributed by atoms with Crippen LogP contribution in [-0.2, 0) is 4.79 Å². The lowest BCUT2D eigenvalue weighted by Crippen LogP contribution is -2.37. The first-order valence-corrected chi connectivity index (χ1v) is 12.4. The number of thioether (sulfide) groups is 1. The first-order valence-electron chi connectivity index (χ1n) is 11.0. The van der Waals surface area contributed by atoms with Crippen LogP contribution in [0.2, 0.25) is 5.02 Å². The van der Waals surface area contributed by atoms with E-state index in [0.717, 1.165) is 33.7 Å². The summed E-state index contributed by atoms with van der Waals surface area (Å²) >= 11 is 7.85. The van der Waals surface area contributed by atoms with Gasteiger partial charge in [0, 0.05) is 28.3 Å². The van der Waals surface area contributed by atoms with E-state index in [2.05, 4.69) is 30.1 Å². The summed E-state index contributed by atoms with van der Waals surface area (Å²) in [5.74, 6) is 1.65. The third-order valence-electron chi connectivity index (χ3n) is 5.28. The first kappa shape index (κ1) is 23.5. The van der Waals surface area contributed by atoms with Crippen molar-refractivity contribution in [3.63, 3.8) is 0 Å². The standard InChI is InChI=1S/C25H27ClN4O2S/c1-6-20(31)30-22-16(5)10-15(4)11-19(22)21-23(27-25(29-28-21)33-13-14(2)3)32-24(30)17-8-7-9-18(26)12-17/h7-12,14,24H,6,13H2,1-5H3/t24-/m1/s1. The van der Waals surface area contributed by atoms with E-state index < -0.39 is 6.23 Å². The van der Waals surface area contributed by atoms with E-state index in [-0.39, 0.29) is 5.91 Å². The van der Waals surface area contributed by atoms with Crippen LogP contribution in [0.25, 0.3) is 11.3 Å². The van der Waals surface area contributed by atoms with Crippen molar-refractivity contribution in [3.8, 4) is 17.1 Å². The zero-order chi connectivity index (χ0) is 23.7. The van der Waals surface area contributed by atoms with Gasteiger partial charge in [0.2, 0.25) is 23.2 Å². The molecule has 33 heavy (non-hydrogen) atoms. The average Bonchev–Trinajstić information content (AvgIpc) is 2.91. The molecule has 0 fully saturated rings. The molecule has 1 aliphatic heterocycles. The molecule has 0 spiro atoms. The number of amides is 1. The van der Waals surface area contributed by atoms with E-state index in [1.807, 2.05) is 45.0 Å². The molecule has 3 aromatic rings. The van der Waals surface area contributed by atoms with Crippen LogP contribution in [0.4, 0.5) is 5.69 Å². The van der Waals surface area contributed by atoms with Crippen molar-refractivity contribution in [2.75, 3.05) is 10.7 Å². The number of carbonyl (C=O) groups excluding carboxylic acids is 1. The molecule has 0 bridgehead atoms. The number of hydrogen-bond acceptors (Lipinski definition) is 6. The van der Waals surface area contributed by atoms with E-state index in [0.29, 0.717) is 34.1 Å². The minimum atomic E-state index is -0.739. The molecule has 6 nitrogen and oxygen atoms in total. The Bertz CT molecular complexity index is 1200. The lowest BCUT2D eigenvalue weighted by molar-refractivity contribution is -0.120. The molecule has 0 radical (unpaired) electrons. The van der Waals surface area contributed by atoms with E-state index >= 15 is 0 Å². The maximum Gasteiger partial charge on any atom is 0.247 e. The second-order valence-corrected chi connectivity index (χ2v) is 10.00. The fourth-order valence-corrected chi connectivity index (χ4v) is 4.82. The van der Waals surface area contributed by atoms with Crippen LogP contribution in [0.3, 0.4) is 0 Å². The molecular formula is C25H27ClN4O2S. The zero-order valence-electron chi connectivity index (χ0n) is 19.4. The van der Waals surface area contributed by atoms with E-state index in [4.69, 9.17) is 21.3 Å². The van der Waals surface area contributed by atoms with Crippen molar-refractivity contribution in [1.82, 2.24) is 15.2 Å². The third kappa shape index (κ3) is 4.84. The number of ether oxygens (including phenoxy) is 1. The number of carbonyl (C=O) groups is 1. The fraction of sp³-hybridized carbons (Fsp3) is 0.360. The topological polar surface area (TPSA) is 68.2 Å². The summed E-state index contributed by atoms with van der Waals surface area (Å²) in [7, 11) is 0. The van der Waals surface area contributed by atoms with E-state index in [1.165, 1.54) is 0 Å². The van der Waals surface area contributed by atoms with Gasteiger partial charge in [0.25, 0.3) is 0 Å². The molecule has 0 saturated heterocycles. The Labute approximate surface area is 203 Å². The number of aryl methyl sites for hydroxylation is 2. The maximum atomic E-state index is 13.3. The molecule has 2 heterocycles. The van der Waals surface area contributed by atoms with Crippen LogP contribution in [0.5, 0.6) is 5.88 Å². The largest absolute Gasteiger partial charge is 0.447 e. The predicted octanol–water partition coefficient (Wildman–Crippen LogP) is 6.39. The summed E-state index contributed by atoms with van der Waals surface area (Å²) in [6.45, 7) is 10.1. The average molecular weight is 483 g/mol.